The third kappa shape index (κ3) is 4.72. The molecule has 9 heteroatoms. The van der Waals surface area contributed by atoms with Gasteiger partial charge in [0, 0.05) is 17.9 Å². The number of carbonyl (C=O) groups is 1. The highest BCUT2D eigenvalue weighted by Crippen LogP contribution is 2.32. The fraction of sp³-hybridized carbons (Fsp3) is 0.273. The minimum atomic E-state index is -3.75. The number of nitrogens with zero attached hydrogens (tertiary/aromatic N) is 1. The van der Waals surface area contributed by atoms with Crippen LogP contribution >= 0.6 is 12.2 Å². The van der Waals surface area contributed by atoms with Gasteiger partial charge in [0.25, 0.3) is 10.0 Å². The molecule has 1 aliphatic rings. The van der Waals surface area contributed by atoms with Crippen LogP contribution < -0.4 is 10.0 Å². The van der Waals surface area contributed by atoms with Crippen LogP contribution in [0.5, 0.6) is 0 Å². The van der Waals surface area contributed by atoms with Crippen molar-refractivity contribution in [3.63, 3.8) is 0 Å². The van der Waals surface area contributed by atoms with E-state index in [9.17, 15) is 13.2 Å². The lowest BCUT2D eigenvalue weighted by atomic mass is 9.94. The van der Waals surface area contributed by atoms with E-state index in [1.807, 2.05) is 31.7 Å². The SMILES string of the molecule is CCN1C(=S)NC(c2cccc(NS(=O)(=O)c3ccc(C)cc3)c2)C(C(=O)OC)=C1C. The number of nitrogens with one attached hydrogen (secondary N) is 2. The number of benzene rings is 2. The van der Waals surface area contributed by atoms with E-state index in [0.717, 1.165) is 5.56 Å². The van der Waals surface area contributed by atoms with Gasteiger partial charge in [-0.2, -0.15) is 0 Å². The topological polar surface area (TPSA) is 87.7 Å². The van der Waals surface area contributed by atoms with Crippen LogP contribution in [0.2, 0.25) is 0 Å². The normalized spacial score (nSPS) is 16.7. The summed E-state index contributed by atoms with van der Waals surface area (Å²) in [7, 11) is -2.43. The van der Waals surface area contributed by atoms with Crippen molar-refractivity contribution in [2.75, 3.05) is 18.4 Å². The number of ether oxygens (including phenoxy) is 1. The zero-order chi connectivity index (χ0) is 22.8. The fourth-order valence-electron chi connectivity index (χ4n) is 3.50. The second kappa shape index (κ2) is 9.07. The molecule has 31 heavy (non-hydrogen) atoms. The molecule has 0 saturated heterocycles. The Morgan fingerprint density at radius 3 is 2.48 bits per heavy atom. The molecule has 0 amide bonds. The smallest absolute Gasteiger partial charge is 0.337 e. The first-order valence-corrected chi connectivity index (χ1v) is 11.6. The maximum atomic E-state index is 12.8. The molecule has 0 radical (unpaired) electrons. The van der Waals surface area contributed by atoms with Gasteiger partial charge in [-0.15, -0.1) is 0 Å². The zero-order valence-electron chi connectivity index (χ0n) is 17.8. The second-order valence-electron chi connectivity index (χ2n) is 7.16. The fourth-order valence-corrected chi connectivity index (χ4v) is 4.93. The molecule has 1 heterocycles. The van der Waals surface area contributed by atoms with Gasteiger partial charge in [0.1, 0.15) is 0 Å². The van der Waals surface area contributed by atoms with Gasteiger partial charge >= 0.3 is 5.97 Å². The van der Waals surface area contributed by atoms with Gasteiger partial charge in [0.15, 0.2) is 5.11 Å². The molecule has 1 unspecified atom stereocenters. The van der Waals surface area contributed by atoms with Crippen LogP contribution in [0.3, 0.4) is 0 Å². The zero-order valence-corrected chi connectivity index (χ0v) is 19.4. The van der Waals surface area contributed by atoms with E-state index in [4.69, 9.17) is 17.0 Å². The molecule has 2 aromatic rings. The molecule has 0 saturated carbocycles. The predicted octanol–water partition coefficient (Wildman–Crippen LogP) is 3.49. The first kappa shape index (κ1) is 22.8. The number of carbonyl (C=O) groups excluding carboxylic acids is 1. The van der Waals surface area contributed by atoms with Crippen molar-refractivity contribution in [1.82, 2.24) is 10.2 Å². The number of hydrogen-bond acceptors (Lipinski definition) is 5. The van der Waals surface area contributed by atoms with Crippen LogP contribution in [0.25, 0.3) is 0 Å². The van der Waals surface area contributed by atoms with E-state index in [2.05, 4.69) is 10.0 Å². The van der Waals surface area contributed by atoms with Crippen LogP contribution in [0, 0.1) is 6.92 Å². The van der Waals surface area contributed by atoms with Gasteiger partial charge in [-0.05, 0) is 62.8 Å². The van der Waals surface area contributed by atoms with Crippen molar-refractivity contribution in [2.24, 2.45) is 0 Å². The third-order valence-electron chi connectivity index (χ3n) is 5.12. The lowest BCUT2D eigenvalue weighted by molar-refractivity contribution is -0.136. The van der Waals surface area contributed by atoms with Gasteiger partial charge in [-0.3, -0.25) is 4.72 Å². The summed E-state index contributed by atoms with van der Waals surface area (Å²) in [5, 5.41) is 3.67. The molecule has 0 bridgehead atoms. The number of sulfonamides is 1. The Labute approximate surface area is 188 Å². The standard InChI is InChI=1S/C22H25N3O4S2/c1-5-25-15(3)19(21(26)29-4)20(23-22(25)30)16-7-6-8-17(13-16)24-31(27,28)18-11-9-14(2)10-12-18/h6-13,20,24H,5H2,1-4H3,(H,23,30). The maximum Gasteiger partial charge on any atom is 0.337 e. The van der Waals surface area contributed by atoms with Crippen molar-refractivity contribution >= 4 is 39.0 Å². The predicted molar refractivity (Wildman–Crippen MR) is 124 cm³/mol. The van der Waals surface area contributed by atoms with Gasteiger partial charge < -0.3 is 15.0 Å². The van der Waals surface area contributed by atoms with Crippen LogP contribution in [-0.2, 0) is 19.6 Å². The minimum Gasteiger partial charge on any atom is -0.466 e. The molecule has 1 atom stereocenters. The number of aryl methyl sites for hydroxylation is 1. The summed E-state index contributed by atoms with van der Waals surface area (Å²) in [4.78, 5) is 14.5. The van der Waals surface area contributed by atoms with Crippen LogP contribution in [-0.4, -0.2) is 38.1 Å². The lowest BCUT2D eigenvalue weighted by Crippen LogP contribution is -2.47. The Kier molecular flexibility index (Phi) is 6.66. The van der Waals surface area contributed by atoms with Crippen molar-refractivity contribution in [3.05, 3.63) is 70.9 Å². The summed E-state index contributed by atoms with van der Waals surface area (Å²) in [6.45, 7) is 6.25. The van der Waals surface area contributed by atoms with Crippen molar-refractivity contribution < 1.29 is 17.9 Å². The maximum absolute atomic E-state index is 12.8. The molecule has 2 aromatic carbocycles. The van der Waals surface area contributed by atoms with Gasteiger partial charge in [0.05, 0.1) is 23.6 Å². The molecule has 0 aromatic heterocycles. The number of hydrogen-bond donors (Lipinski definition) is 2. The van der Waals surface area contributed by atoms with Gasteiger partial charge in [-0.1, -0.05) is 29.8 Å². The number of rotatable bonds is 6. The summed E-state index contributed by atoms with van der Waals surface area (Å²) in [6, 6.07) is 12.9. The van der Waals surface area contributed by atoms with Crippen molar-refractivity contribution in [2.45, 2.75) is 31.7 Å². The van der Waals surface area contributed by atoms with Crippen LogP contribution in [0.1, 0.15) is 31.0 Å². The molecular formula is C22H25N3O4S2. The Balaban J connectivity index is 1.98. The molecular weight excluding hydrogens is 434 g/mol. The summed E-state index contributed by atoms with van der Waals surface area (Å²) in [5.74, 6) is -0.471. The summed E-state index contributed by atoms with van der Waals surface area (Å²) < 4.78 is 33.1. The monoisotopic (exact) mass is 459 g/mol. The quantitative estimate of drug-likeness (QED) is 0.505. The number of esters is 1. The largest absolute Gasteiger partial charge is 0.466 e. The van der Waals surface area contributed by atoms with Crippen molar-refractivity contribution in [3.8, 4) is 0 Å². The first-order chi connectivity index (χ1) is 14.7. The Bertz CT molecular complexity index is 1140. The Morgan fingerprint density at radius 1 is 1.19 bits per heavy atom. The van der Waals surface area contributed by atoms with Crippen LogP contribution in [0.15, 0.2) is 64.7 Å². The number of thiocarbonyl (C=S) groups is 1. The molecule has 1 aliphatic heterocycles. The molecule has 0 aliphatic carbocycles. The van der Waals surface area contributed by atoms with E-state index in [1.54, 1.807) is 42.5 Å². The molecule has 7 nitrogen and oxygen atoms in total. The van der Waals surface area contributed by atoms with E-state index in [1.165, 1.54) is 7.11 Å². The highest BCUT2D eigenvalue weighted by atomic mass is 32.2. The minimum absolute atomic E-state index is 0.171. The van der Waals surface area contributed by atoms with E-state index >= 15 is 0 Å². The highest BCUT2D eigenvalue weighted by molar-refractivity contribution is 7.92. The van der Waals surface area contributed by atoms with E-state index in [-0.39, 0.29) is 4.90 Å². The number of allylic oxidation sites excluding steroid dienone is 1. The lowest BCUT2D eigenvalue weighted by Gasteiger charge is -2.37. The van der Waals surface area contributed by atoms with Crippen molar-refractivity contribution in [1.29, 1.82) is 0 Å². The van der Waals surface area contributed by atoms with E-state index in [0.29, 0.717) is 34.2 Å². The average Bonchev–Trinajstić information content (AvgIpc) is 2.73. The van der Waals surface area contributed by atoms with Gasteiger partial charge in [0.2, 0.25) is 0 Å². The third-order valence-corrected chi connectivity index (χ3v) is 6.86. The Hall–Kier alpha value is -2.91. The molecule has 2 N–H and O–H groups in total. The number of anilines is 1. The summed E-state index contributed by atoms with van der Waals surface area (Å²) in [5.41, 5.74) is 3.16. The highest BCUT2D eigenvalue weighted by Gasteiger charge is 2.34. The molecule has 164 valence electrons. The summed E-state index contributed by atoms with van der Waals surface area (Å²) in [6.07, 6.45) is 0. The van der Waals surface area contributed by atoms with Crippen LogP contribution in [0.4, 0.5) is 5.69 Å². The Morgan fingerprint density at radius 2 is 1.87 bits per heavy atom. The van der Waals surface area contributed by atoms with E-state index < -0.39 is 22.0 Å². The molecule has 0 fully saturated rings. The number of methoxy groups -OCH3 is 1. The second-order valence-corrected chi connectivity index (χ2v) is 9.23. The summed E-state index contributed by atoms with van der Waals surface area (Å²) >= 11 is 5.47. The average molecular weight is 460 g/mol. The molecule has 3 rings (SSSR count). The molecule has 0 spiro atoms. The first-order valence-electron chi connectivity index (χ1n) is 9.74. The van der Waals surface area contributed by atoms with Gasteiger partial charge in [-0.25, -0.2) is 13.2 Å².